The minimum absolute atomic E-state index is 0.0283. The number of hydrogen-bond acceptors (Lipinski definition) is 5. The molecular weight excluding hydrogens is 440 g/mol. The Kier molecular flexibility index (Phi) is 6.03. The van der Waals surface area contributed by atoms with E-state index in [4.69, 9.17) is 19.3 Å². The van der Waals surface area contributed by atoms with Crippen LogP contribution in [-0.4, -0.2) is 21.6 Å². The van der Waals surface area contributed by atoms with Crippen LogP contribution in [0, 0.1) is 0 Å². The Morgan fingerprint density at radius 2 is 1.88 bits per heavy atom. The summed E-state index contributed by atoms with van der Waals surface area (Å²) in [6, 6.07) is 17.0. The number of ether oxygens (including phenoxy) is 3. The Morgan fingerprint density at radius 1 is 1.09 bits per heavy atom. The molecule has 1 aliphatic heterocycles. The molecule has 0 saturated heterocycles. The summed E-state index contributed by atoms with van der Waals surface area (Å²) in [6.07, 6.45) is -0.625. The summed E-state index contributed by atoms with van der Waals surface area (Å²) in [7, 11) is -3.77. The van der Waals surface area contributed by atoms with Crippen LogP contribution in [0.25, 0.3) is 11.1 Å². The van der Waals surface area contributed by atoms with Crippen LogP contribution in [0.4, 0.5) is 8.78 Å². The van der Waals surface area contributed by atoms with Crippen LogP contribution >= 0.6 is 0 Å². The summed E-state index contributed by atoms with van der Waals surface area (Å²) in [5.74, 6) is 0.631. The van der Waals surface area contributed by atoms with Crippen molar-refractivity contribution in [3.05, 3.63) is 77.4 Å². The molecule has 0 amide bonds. The fourth-order valence-corrected chi connectivity index (χ4v) is 4.46. The second-order valence-corrected chi connectivity index (χ2v) is 8.85. The molecule has 0 saturated carbocycles. The highest BCUT2D eigenvalue weighted by Gasteiger charge is 2.31. The second kappa shape index (κ2) is 8.76. The largest absolute Gasteiger partial charge is 0.494 e. The van der Waals surface area contributed by atoms with Crippen molar-refractivity contribution >= 4 is 10.0 Å². The van der Waals surface area contributed by atoms with Gasteiger partial charge in [-0.3, -0.25) is 0 Å². The number of sulfonamides is 1. The molecule has 4 rings (SSSR count). The van der Waals surface area contributed by atoms with Gasteiger partial charge in [0.15, 0.2) is 0 Å². The van der Waals surface area contributed by atoms with Gasteiger partial charge in [0.1, 0.15) is 23.4 Å². The van der Waals surface area contributed by atoms with Crippen molar-refractivity contribution in [3.63, 3.8) is 0 Å². The fourth-order valence-electron chi connectivity index (χ4n) is 3.82. The summed E-state index contributed by atoms with van der Waals surface area (Å²) in [5, 5.41) is 5.22. The van der Waals surface area contributed by atoms with Gasteiger partial charge in [-0.05, 0) is 42.3 Å². The number of rotatable bonds is 7. The van der Waals surface area contributed by atoms with Crippen molar-refractivity contribution in [3.8, 4) is 28.4 Å². The van der Waals surface area contributed by atoms with Crippen LogP contribution in [0.15, 0.2) is 60.7 Å². The Bertz CT molecular complexity index is 1250. The summed E-state index contributed by atoms with van der Waals surface area (Å²) in [6.45, 7) is -0.645. The van der Waals surface area contributed by atoms with Gasteiger partial charge in [0.05, 0.1) is 17.9 Å². The third kappa shape index (κ3) is 4.68. The molecule has 3 aromatic carbocycles. The average molecular weight is 461 g/mol. The molecule has 168 valence electrons. The van der Waals surface area contributed by atoms with Crippen molar-refractivity contribution < 1.29 is 31.4 Å². The first kappa shape index (κ1) is 22.0. The lowest BCUT2D eigenvalue weighted by Crippen LogP contribution is -2.18. The van der Waals surface area contributed by atoms with Crippen LogP contribution in [0.1, 0.15) is 29.7 Å². The number of halogens is 2. The molecule has 0 radical (unpaired) electrons. The molecule has 1 atom stereocenters. The molecule has 1 heterocycles. The first-order valence-corrected chi connectivity index (χ1v) is 11.6. The van der Waals surface area contributed by atoms with E-state index in [9.17, 15) is 17.2 Å². The van der Waals surface area contributed by atoms with E-state index in [-0.39, 0.29) is 11.5 Å². The molecule has 32 heavy (non-hydrogen) atoms. The first-order valence-electron chi connectivity index (χ1n) is 9.86. The highest BCUT2D eigenvalue weighted by Crippen LogP contribution is 2.49. The lowest BCUT2D eigenvalue weighted by molar-refractivity contribution is -0.0496. The van der Waals surface area contributed by atoms with Crippen molar-refractivity contribution in [1.29, 1.82) is 0 Å². The van der Waals surface area contributed by atoms with E-state index < -0.39 is 22.7 Å². The fraction of sp³-hybridized carbons (Fsp3) is 0.217. The number of hydrogen-bond donors (Lipinski definition) is 1. The predicted molar refractivity (Wildman–Crippen MR) is 115 cm³/mol. The van der Waals surface area contributed by atoms with Crippen molar-refractivity contribution in [2.24, 2.45) is 5.14 Å². The molecule has 0 fully saturated rings. The van der Waals surface area contributed by atoms with Crippen molar-refractivity contribution in [2.75, 3.05) is 6.61 Å². The Labute approximate surface area is 184 Å². The molecular formula is C23H21F2NO5S. The van der Waals surface area contributed by atoms with E-state index in [1.54, 1.807) is 30.3 Å². The number of benzene rings is 3. The smallest absolute Gasteiger partial charge is 0.387 e. The van der Waals surface area contributed by atoms with Gasteiger partial charge in [-0.2, -0.15) is 8.78 Å². The van der Waals surface area contributed by atoms with E-state index in [1.807, 2.05) is 31.2 Å². The zero-order chi connectivity index (χ0) is 22.9. The molecule has 6 nitrogen and oxygen atoms in total. The molecule has 1 unspecified atom stereocenters. The maximum absolute atomic E-state index is 13.0. The van der Waals surface area contributed by atoms with E-state index in [0.29, 0.717) is 40.4 Å². The summed E-state index contributed by atoms with van der Waals surface area (Å²) in [5.41, 5.74) is 2.81. The van der Waals surface area contributed by atoms with Crippen LogP contribution in [0.2, 0.25) is 0 Å². The number of fused-ring (bicyclic) bond motifs is 3. The highest BCUT2D eigenvalue weighted by molar-refractivity contribution is 7.88. The maximum Gasteiger partial charge on any atom is 0.387 e. The molecule has 2 N–H and O–H groups in total. The number of primary sulfonamides is 1. The Balaban J connectivity index is 1.89. The van der Waals surface area contributed by atoms with Gasteiger partial charge in [0.25, 0.3) is 0 Å². The van der Waals surface area contributed by atoms with Gasteiger partial charge in [-0.25, -0.2) is 13.6 Å². The maximum atomic E-state index is 13.0. The third-order valence-electron chi connectivity index (χ3n) is 4.96. The topological polar surface area (TPSA) is 87.8 Å². The Hall–Kier alpha value is -3.17. The van der Waals surface area contributed by atoms with Crippen LogP contribution in [-0.2, 0) is 15.8 Å². The predicted octanol–water partition coefficient (Wildman–Crippen LogP) is 4.62. The third-order valence-corrected chi connectivity index (χ3v) is 5.69. The monoisotopic (exact) mass is 461 g/mol. The lowest BCUT2D eigenvalue weighted by atomic mass is 9.88. The molecule has 3 aromatic rings. The molecule has 0 bridgehead atoms. The lowest BCUT2D eigenvalue weighted by Gasteiger charge is -2.31. The van der Waals surface area contributed by atoms with Gasteiger partial charge in [0, 0.05) is 11.1 Å². The zero-order valence-corrected chi connectivity index (χ0v) is 17.9. The Morgan fingerprint density at radius 3 is 2.59 bits per heavy atom. The SMILES string of the molecule is CCOc1cccc(C2Oc3cccc(OC(F)F)c3-c3ccc(CS(N)(=O)=O)cc32)c1. The van der Waals surface area contributed by atoms with Crippen LogP contribution in [0.3, 0.4) is 0 Å². The van der Waals surface area contributed by atoms with Gasteiger partial charge in [-0.1, -0.05) is 36.4 Å². The normalized spacial score (nSPS) is 15.0. The minimum atomic E-state index is -3.77. The van der Waals surface area contributed by atoms with Crippen LogP contribution < -0.4 is 19.3 Å². The summed E-state index contributed by atoms with van der Waals surface area (Å²) >= 11 is 0. The highest BCUT2D eigenvalue weighted by atomic mass is 32.2. The van der Waals surface area contributed by atoms with E-state index in [2.05, 4.69) is 0 Å². The van der Waals surface area contributed by atoms with E-state index >= 15 is 0 Å². The van der Waals surface area contributed by atoms with Gasteiger partial charge < -0.3 is 14.2 Å². The quantitative estimate of drug-likeness (QED) is 0.555. The molecule has 0 aliphatic carbocycles. The van der Waals surface area contributed by atoms with E-state index in [0.717, 1.165) is 5.56 Å². The standard InChI is InChI=1S/C23H21F2NO5S/c1-2-29-16-6-3-5-15(12-16)22-18-11-14(13-32(26,27)28)9-10-17(18)21-19(30-22)7-4-8-20(21)31-23(24)25/h3-12,22-23H,2,13H2,1H3,(H2,26,27,28). The molecule has 1 aliphatic rings. The zero-order valence-electron chi connectivity index (χ0n) is 17.1. The van der Waals surface area contributed by atoms with Crippen LogP contribution in [0.5, 0.6) is 17.2 Å². The van der Waals surface area contributed by atoms with Gasteiger partial charge in [-0.15, -0.1) is 0 Å². The second-order valence-electron chi connectivity index (χ2n) is 7.24. The number of alkyl halides is 2. The molecule has 0 aromatic heterocycles. The minimum Gasteiger partial charge on any atom is -0.494 e. The molecule has 9 heteroatoms. The van der Waals surface area contributed by atoms with Crippen molar-refractivity contribution in [2.45, 2.75) is 25.4 Å². The average Bonchev–Trinajstić information content (AvgIpc) is 2.72. The first-order chi connectivity index (χ1) is 15.2. The van der Waals surface area contributed by atoms with Gasteiger partial charge >= 0.3 is 6.61 Å². The molecule has 0 spiro atoms. The number of nitrogens with two attached hydrogens (primary N) is 1. The van der Waals surface area contributed by atoms with E-state index in [1.165, 1.54) is 6.07 Å². The summed E-state index contributed by atoms with van der Waals surface area (Å²) in [4.78, 5) is 0. The summed E-state index contributed by atoms with van der Waals surface area (Å²) < 4.78 is 65.8. The van der Waals surface area contributed by atoms with Gasteiger partial charge in [0.2, 0.25) is 10.0 Å². The van der Waals surface area contributed by atoms with Crippen molar-refractivity contribution in [1.82, 2.24) is 0 Å².